The van der Waals surface area contributed by atoms with E-state index in [0.29, 0.717) is 0 Å². The van der Waals surface area contributed by atoms with Gasteiger partial charge in [-0.05, 0) is 0 Å². The van der Waals surface area contributed by atoms with Crippen LogP contribution >= 0.6 is 0 Å². The van der Waals surface area contributed by atoms with Crippen LogP contribution in [0.15, 0.2) is 0 Å². The number of rotatable bonds is 0. The summed E-state index contributed by atoms with van der Waals surface area (Å²) in [4.78, 5) is 0. The Hall–Kier alpha value is 3.12. The van der Waals surface area contributed by atoms with Crippen LogP contribution in [0.3, 0.4) is 0 Å². The summed E-state index contributed by atoms with van der Waals surface area (Å²) in [6.07, 6.45) is 0. The quantitative estimate of drug-likeness (QED) is 0.345. The van der Waals surface area contributed by atoms with E-state index in [9.17, 15) is 0 Å². The third-order valence-corrected chi connectivity index (χ3v) is 0. The van der Waals surface area contributed by atoms with E-state index in [-0.39, 0.29) is 102 Å². The molecule has 2 radical (unpaired) electrons. The van der Waals surface area contributed by atoms with Crippen molar-refractivity contribution >= 4 is 0 Å². The average Bonchev–Trinajstić information content (AvgIpc) is 0. The van der Waals surface area contributed by atoms with Crippen molar-refractivity contribution < 1.29 is 102 Å². The standard InChI is InChI=1S/Co.Li.Mn.Na.Ni.2H/q;+1;;+1;;2*-1. The van der Waals surface area contributed by atoms with E-state index < -0.39 is 0 Å². The Morgan fingerprint density at radius 2 is 1.20 bits per heavy atom. The maximum absolute atomic E-state index is 0. The van der Waals surface area contributed by atoms with Gasteiger partial charge in [0.15, 0.2) is 0 Å². The van der Waals surface area contributed by atoms with Gasteiger partial charge < -0.3 is 2.85 Å². The van der Waals surface area contributed by atoms with Crippen LogP contribution in [0.2, 0.25) is 0 Å². The summed E-state index contributed by atoms with van der Waals surface area (Å²) < 4.78 is 0. The summed E-state index contributed by atoms with van der Waals surface area (Å²) in [6, 6.07) is 0. The van der Waals surface area contributed by atoms with Crippen molar-refractivity contribution in [3.8, 4) is 0 Å². The van der Waals surface area contributed by atoms with Crippen molar-refractivity contribution in [3.63, 3.8) is 0 Å². The van der Waals surface area contributed by atoms with Gasteiger partial charge >= 0.3 is 48.4 Å². The molecule has 0 rings (SSSR count). The van der Waals surface area contributed by atoms with E-state index in [1.807, 2.05) is 0 Å². The summed E-state index contributed by atoms with van der Waals surface area (Å²) in [5.74, 6) is 0. The molecule has 5 heteroatoms. The fourth-order valence-electron chi connectivity index (χ4n) is 0. The second kappa shape index (κ2) is 27.4. The first-order valence-electron chi connectivity index (χ1n) is 0. The minimum Gasteiger partial charge on any atom is -1.00 e. The summed E-state index contributed by atoms with van der Waals surface area (Å²) in [5, 5.41) is 0. The van der Waals surface area contributed by atoms with Gasteiger partial charge in [0, 0.05) is 50.3 Å². The summed E-state index contributed by atoms with van der Waals surface area (Å²) >= 11 is 0. The summed E-state index contributed by atoms with van der Waals surface area (Å²) in [5.41, 5.74) is 0. The van der Waals surface area contributed by atoms with Crippen molar-refractivity contribution in [2.45, 2.75) is 0 Å². The molecule has 0 aromatic carbocycles. The molecule has 0 saturated carbocycles. The summed E-state index contributed by atoms with van der Waals surface area (Å²) in [7, 11) is 0. The molecule has 0 aliphatic carbocycles. The minimum absolute atomic E-state index is 0. The maximum atomic E-state index is 0. The number of hydrogen-bond acceptors (Lipinski definition) is 0. The zero-order chi connectivity index (χ0) is 0. The van der Waals surface area contributed by atoms with Gasteiger partial charge in [0.05, 0.1) is 0 Å². The SMILES string of the molecule is [Co].[H-].[H-].[Li+].[Mn].[Na+].[Ni]. The van der Waals surface area contributed by atoms with Crippen LogP contribution < -0.4 is 48.4 Å². The van der Waals surface area contributed by atoms with Crippen LogP contribution in [0.1, 0.15) is 2.85 Å². The molecule has 0 spiro atoms. The molecule has 30 valence electrons. The van der Waals surface area contributed by atoms with E-state index in [1.165, 1.54) is 0 Å². The Morgan fingerprint density at radius 3 is 1.20 bits per heavy atom. The molecule has 5 heavy (non-hydrogen) atoms. The molecule has 0 amide bonds. The maximum Gasteiger partial charge on any atom is 1.00 e. The fourth-order valence-corrected chi connectivity index (χ4v) is 0. The van der Waals surface area contributed by atoms with Crippen LogP contribution in [-0.2, 0) is 50.3 Å². The third-order valence-electron chi connectivity index (χ3n) is 0. The van der Waals surface area contributed by atoms with Gasteiger partial charge in [0.1, 0.15) is 0 Å². The minimum atomic E-state index is 0. The first kappa shape index (κ1) is 42.3. The molecule has 0 atom stereocenters. The topological polar surface area (TPSA) is 0 Å². The zero-order valence-electron chi connectivity index (χ0n) is 5.03. The predicted molar refractivity (Wildman–Crippen MR) is 2.22 cm³/mol. The van der Waals surface area contributed by atoms with Crippen LogP contribution in [0, 0.1) is 0 Å². The van der Waals surface area contributed by atoms with Gasteiger partial charge in [-0.15, -0.1) is 0 Å². The summed E-state index contributed by atoms with van der Waals surface area (Å²) in [6.45, 7) is 0. The molecule has 0 aliphatic heterocycles. The van der Waals surface area contributed by atoms with Gasteiger partial charge in [-0.25, -0.2) is 0 Å². The first-order chi connectivity index (χ1) is 0. The van der Waals surface area contributed by atoms with Gasteiger partial charge in [0.2, 0.25) is 0 Å². The number of hydrogen-bond donors (Lipinski definition) is 0. The van der Waals surface area contributed by atoms with E-state index in [0.717, 1.165) is 0 Å². The van der Waals surface area contributed by atoms with Crippen LogP contribution in [0.25, 0.3) is 0 Å². The largest absolute Gasteiger partial charge is 1.00 e. The van der Waals surface area contributed by atoms with E-state index in [4.69, 9.17) is 0 Å². The Morgan fingerprint density at radius 1 is 1.20 bits per heavy atom. The second-order valence-corrected chi connectivity index (χ2v) is 0. The van der Waals surface area contributed by atoms with E-state index >= 15 is 0 Å². The average molecular weight is 205 g/mol. The van der Waals surface area contributed by atoms with Crippen LogP contribution in [0.5, 0.6) is 0 Å². The van der Waals surface area contributed by atoms with Gasteiger partial charge in [-0.2, -0.15) is 0 Å². The van der Waals surface area contributed by atoms with E-state index in [1.54, 1.807) is 0 Å². The van der Waals surface area contributed by atoms with Crippen LogP contribution in [0.4, 0.5) is 0 Å². The second-order valence-electron chi connectivity index (χ2n) is 0. The van der Waals surface area contributed by atoms with Crippen LogP contribution in [-0.4, -0.2) is 0 Å². The van der Waals surface area contributed by atoms with Crippen molar-refractivity contribution in [2.24, 2.45) is 0 Å². The molecular weight excluding hydrogens is 202 g/mol. The Balaban J connectivity index is 0. The Bertz CT molecular complexity index is 17.7. The molecule has 0 unspecified atom stereocenters. The smallest absolute Gasteiger partial charge is 1.00 e. The van der Waals surface area contributed by atoms with Crippen molar-refractivity contribution in [2.75, 3.05) is 0 Å². The molecule has 0 aromatic rings. The predicted octanol–water partition coefficient (Wildman–Crippen LogP) is -5.77. The third kappa shape index (κ3) is 19.2. The van der Waals surface area contributed by atoms with Gasteiger partial charge in [-0.1, -0.05) is 0 Å². The molecule has 0 N–H and O–H groups in total. The van der Waals surface area contributed by atoms with Crippen molar-refractivity contribution in [3.05, 3.63) is 0 Å². The fraction of sp³-hybridized carbons (Fsp3) is 0. The van der Waals surface area contributed by atoms with Crippen molar-refractivity contribution in [1.82, 2.24) is 0 Å². The monoisotopic (exact) mass is 204 g/mol. The zero-order valence-corrected chi connectivity index (χ0v) is 8.24. The molecule has 0 aromatic heterocycles. The molecule has 0 heterocycles. The van der Waals surface area contributed by atoms with E-state index in [2.05, 4.69) is 0 Å². The van der Waals surface area contributed by atoms with Gasteiger partial charge in [0.25, 0.3) is 0 Å². The first-order valence-corrected chi connectivity index (χ1v) is 0. The normalized spacial score (nSPS) is 0. The molecule has 0 bridgehead atoms. The molecule has 0 saturated heterocycles. The van der Waals surface area contributed by atoms with Gasteiger partial charge in [-0.3, -0.25) is 0 Å². The molecule has 0 fully saturated rings. The molecular formula is H2CoLiMnNaNi. The molecule has 0 aliphatic rings. The van der Waals surface area contributed by atoms with Crippen molar-refractivity contribution in [1.29, 1.82) is 0 Å². The molecule has 0 nitrogen and oxygen atoms in total. The Labute approximate surface area is 100 Å². The Kier molecular flexibility index (Phi) is 232.